The number of anilines is 1. The Balaban J connectivity index is 2.57. The first-order valence-electron chi connectivity index (χ1n) is 11.0. The lowest BCUT2D eigenvalue weighted by Gasteiger charge is -2.37. The van der Waals surface area contributed by atoms with Gasteiger partial charge < -0.3 is 9.74 Å². The molecule has 8 nitrogen and oxygen atoms in total. The maximum Gasteiger partial charge on any atom is 0.265 e. The number of carbonyl (C=O) groups excluding carboxylic acids is 2. The molecule has 0 fully saturated rings. The number of nitrogens with one attached hydrogen (secondary N) is 2. The van der Waals surface area contributed by atoms with Crippen LogP contribution in [0.5, 0.6) is 0 Å². The highest BCUT2D eigenvalue weighted by Crippen LogP contribution is 2.37. The van der Waals surface area contributed by atoms with Gasteiger partial charge in [-0.15, -0.1) is 0 Å². The van der Waals surface area contributed by atoms with E-state index in [0.29, 0.717) is 16.8 Å². The first-order chi connectivity index (χ1) is 16.3. The molecule has 35 heavy (non-hydrogen) atoms. The SMILES string of the molecule is Cc1c(NC(CO[Si](C)(C)C(C)(C)C)C(=O)c2cc(C#N)ccc2C(=O)NN)ccc(C#N)c1Cl. The first kappa shape index (κ1) is 28.0. The van der Waals surface area contributed by atoms with Gasteiger partial charge in [0.1, 0.15) is 12.1 Å². The third kappa shape index (κ3) is 6.27. The highest BCUT2D eigenvalue weighted by atomic mass is 35.5. The molecule has 0 aromatic heterocycles. The molecular formula is C25H30ClN5O3Si. The number of nitrogens with two attached hydrogens (primary N) is 1. The van der Waals surface area contributed by atoms with Crippen molar-refractivity contribution in [1.29, 1.82) is 10.5 Å². The summed E-state index contributed by atoms with van der Waals surface area (Å²) in [5, 5.41) is 22.0. The minimum absolute atomic E-state index is 0.0207. The van der Waals surface area contributed by atoms with Crippen LogP contribution >= 0.6 is 11.6 Å². The monoisotopic (exact) mass is 511 g/mol. The predicted molar refractivity (Wildman–Crippen MR) is 139 cm³/mol. The highest BCUT2D eigenvalue weighted by molar-refractivity contribution is 6.74. The molecule has 0 aliphatic heterocycles. The van der Waals surface area contributed by atoms with Gasteiger partial charge >= 0.3 is 0 Å². The molecule has 0 spiro atoms. The average Bonchev–Trinajstić information content (AvgIpc) is 2.82. The maximum atomic E-state index is 13.8. The summed E-state index contributed by atoms with van der Waals surface area (Å²) in [5.74, 6) is 4.22. The molecule has 2 aromatic rings. The molecule has 0 aliphatic carbocycles. The number of hydrogen-bond donors (Lipinski definition) is 3. The number of carbonyl (C=O) groups is 2. The van der Waals surface area contributed by atoms with Crippen molar-refractivity contribution < 1.29 is 14.0 Å². The van der Waals surface area contributed by atoms with Gasteiger partial charge in [-0.2, -0.15) is 10.5 Å². The van der Waals surface area contributed by atoms with Gasteiger partial charge in [-0.25, -0.2) is 5.84 Å². The average molecular weight is 512 g/mol. The van der Waals surface area contributed by atoms with Gasteiger partial charge in [0.05, 0.1) is 34.4 Å². The molecule has 2 rings (SSSR count). The number of ketones is 1. The number of Topliss-reactive ketones (excluding diaryl/α,β-unsaturated/α-hetero) is 1. The van der Waals surface area contributed by atoms with E-state index in [1.54, 1.807) is 19.1 Å². The number of nitrogen functional groups attached to an aromatic ring is 1. The van der Waals surface area contributed by atoms with Gasteiger partial charge in [-0.05, 0) is 61.0 Å². The Morgan fingerprint density at radius 3 is 2.34 bits per heavy atom. The summed E-state index contributed by atoms with van der Waals surface area (Å²) in [7, 11) is -2.24. The molecule has 0 aliphatic rings. The number of hydrazine groups is 1. The minimum atomic E-state index is -2.24. The van der Waals surface area contributed by atoms with Crippen LogP contribution in [0, 0.1) is 29.6 Å². The van der Waals surface area contributed by atoms with Crippen molar-refractivity contribution in [2.75, 3.05) is 11.9 Å². The summed E-state index contributed by atoms with van der Waals surface area (Å²) in [6.07, 6.45) is 0. The summed E-state index contributed by atoms with van der Waals surface area (Å²) in [6.45, 7) is 12.2. The van der Waals surface area contributed by atoms with Crippen molar-refractivity contribution in [3.8, 4) is 12.1 Å². The zero-order valence-corrected chi connectivity index (χ0v) is 22.5. The summed E-state index contributed by atoms with van der Waals surface area (Å²) < 4.78 is 6.35. The van der Waals surface area contributed by atoms with E-state index in [1.807, 2.05) is 17.6 Å². The molecule has 0 radical (unpaired) electrons. The van der Waals surface area contributed by atoms with Gasteiger partial charge in [0.15, 0.2) is 14.1 Å². The third-order valence-electron chi connectivity index (χ3n) is 6.36. The number of nitrogens with zero attached hydrogens (tertiary/aromatic N) is 2. The van der Waals surface area contributed by atoms with E-state index in [1.165, 1.54) is 18.2 Å². The van der Waals surface area contributed by atoms with Gasteiger partial charge in [0, 0.05) is 11.3 Å². The van der Waals surface area contributed by atoms with Crippen LogP contribution in [0.2, 0.25) is 23.2 Å². The molecule has 2 aromatic carbocycles. The zero-order chi connectivity index (χ0) is 26.6. The van der Waals surface area contributed by atoms with E-state index in [-0.39, 0.29) is 33.4 Å². The lowest BCUT2D eigenvalue weighted by molar-refractivity contribution is 0.0912. The van der Waals surface area contributed by atoms with E-state index < -0.39 is 26.0 Å². The van der Waals surface area contributed by atoms with Crippen LogP contribution < -0.4 is 16.6 Å². The largest absolute Gasteiger partial charge is 0.414 e. The molecule has 10 heteroatoms. The lowest BCUT2D eigenvalue weighted by Crippen LogP contribution is -2.46. The molecule has 4 N–H and O–H groups in total. The van der Waals surface area contributed by atoms with Crippen molar-refractivity contribution in [3.05, 3.63) is 63.2 Å². The summed E-state index contributed by atoms with van der Waals surface area (Å²) in [4.78, 5) is 26.2. The van der Waals surface area contributed by atoms with Crippen LogP contribution in [-0.2, 0) is 4.43 Å². The first-order valence-corrected chi connectivity index (χ1v) is 14.2. The van der Waals surface area contributed by atoms with Gasteiger partial charge in [0.2, 0.25) is 0 Å². The van der Waals surface area contributed by atoms with Crippen LogP contribution in [0.25, 0.3) is 0 Å². The fraction of sp³-hybridized carbons (Fsp3) is 0.360. The van der Waals surface area contributed by atoms with Crippen LogP contribution in [0.1, 0.15) is 58.2 Å². The normalized spacial score (nSPS) is 12.3. The van der Waals surface area contributed by atoms with E-state index in [4.69, 9.17) is 21.9 Å². The van der Waals surface area contributed by atoms with E-state index in [2.05, 4.69) is 39.2 Å². The fourth-order valence-corrected chi connectivity index (χ4v) is 4.31. The van der Waals surface area contributed by atoms with Crippen LogP contribution in [0.4, 0.5) is 5.69 Å². The molecule has 0 bridgehead atoms. The predicted octanol–water partition coefficient (Wildman–Crippen LogP) is 4.68. The van der Waals surface area contributed by atoms with Crippen molar-refractivity contribution in [1.82, 2.24) is 5.43 Å². The standard InChI is InChI=1S/C25H30ClN5O3Si/c1-15-20(10-8-17(13-28)22(15)26)30-21(14-34-35(5,6)25(2,3)4)23(32)19-11-16(12-27)7-9-18(19)24(33)31-29/h7-11,21,30H,14,29H2,1-6H3,(H,31,33). The number of rotatable bonds is 8. The Kier molecular flexibility index (Phi) is 8.82. The van der Waals surface area contributed by atoms with Gasteiger partial charge in [0.25, 0.3) is 5.91 Å². The Hall–Kier alpha value is -3.21. The second kappa shape index (κ2) is 11.0. The smallest absolute Gasteiger partial charge is 0.265 e. The Bertz CT molecular complexity index is 1230. The van der Waals surface area contributed by atoms with E-state index in [0.717, 1.165) is 0 Å². The number of hydrogen-bond acceptors (Lipinski definition) is 7. The molecule has 184 valence electrons. The molecule has 1 unspecified atom stereocenters. The molecule has 0 saturated heterocycles. The number of nitriles is 2. The summed E-state index contributed by atoms with van der Waals surface area (Å²) in [5.41, 5.74) is 3.82. The highest BCUT2D eigenvalue weighted by Gasteiger charge is 2.38. The Morgan fingerprint density at radius 2 is 1.80 bits per heavy atom. The Morgan fingerprint density at radius 1 is 1.14 bits per heavy atom. The van der Waals surface area contributed by atoms with E-state index in [9.17, 15) is 20.1 Å². The lowest BCUT2D eigenvalue weighted by atomic mass is 9.96. The van der Waals surface area contributed by atoms with Crippen molar-refractivity contribution >= 4 is 37.3 Å². The molecule has 1 atom stereocenters. The topological polar surface area (TPSA) is 141 Å². The summed E-state index contributed by atoms with van der Waals surface area (Å²) in [6, 6.07) is 10.6. The molecule has 1 amide bonds. The second-order valence-corrected chi connectivity index (χ2v) is 14.9. The fourth-order valence-electron chi connectivity index (χ4n) is 3.09. The van der Waals surface area contributed by atoms with Crippen molar-refractivity contribution in [2.45, 2.75) is 51.9 Å². The summed E-state index contributed by atoms with van der Waals surface area (Å²) >= 11 is 6.34. The molecule has 0 heterocycles. The number of halogens is 1. The maximum absolute atomic E-state index is 13.8. The van der Waals surface area contributed by atoms with E-state index >= 15 is 0 Å². The Labute approximate surface area is 212 Å². The zero-order valence-electron chi connectivity index (χ0n) is 20.7. The van der Waals surface area contributed by atoms with Crippen molar-refractivity contribution in [2.24, 2.45) is 5.84 Å². The van der Waals surface area contributed by atoms with Crippen LogP contribution in [0.15, 0.2) is 30.3 Å². The molecular weight excluding hydrogens is 482 g/mol. The minimum Gasteiger partial charge on any atom is -0.414 e. The molecule has 0 saturated carbocycles. The van der Waals surface area contributed by atoms with Gasteiger partial charge in [-0.3, -0.25) is 15.0 Å². The number of amides is 1. The van der Waals surface area contributed by atoms with Crippen molar-refractivity contribution in [3.63, 3.8) is 0 Å². The quantitative estimate of drug-likeness (QED) is 0.153. The van der Waals surface area contributed by atoms with Crippen LogP contribution in [0.3, 0.4) is 0 Å². The second-order valence-electron chi connectivity index (χ2n) is 9.69. The van der Waals surface area contributed by atoms with Crippen LogP contribution in [-0.4, -0.2) is 32.7 Å². The third-order valence-corrected chi connectivity index (χ3v) is 11.3. The van der Waals surface area contributed by atoms with Gasteiger partial charge in [-0.1, -0.05) is 32.4 Å². The number of benzene rings is 2.